The Morgan fingerprint density at radius 1 is 1.00 bits per heavy atom. The lowest BCUT2D eigenvalue weighted by molar-refractivity contribution is 0.225. The van der Waals surface area contributed by atoms with E-state index in [0.717, 1.165) is 28.1 Å². The van der Waals surface area contributed by atoms with Crippen LogP contribution in [0.25, 0.3) is 0 Å². The summed E-state index contributed by atoms with van der Waals surface area (Å²) in [5.41, 5.74) is 10.1. The molecule has 0 heterocycles. The maximum absolute atomic E-state index is 5.99. The summed E-state index contributed by atoms with van der Waals surface area (Å²) >= 11 is 0. The summed E-state index contributed by atoms with van der Waals surface area (Å²) in [4.78, 5) is 0. The van der Waals surface area contributed by atoms with Crippen LogP contribution in [0.3, 0.4) is 0 Å². The zero-order valence-corrected chi connectivity index (χ0v) is 11.1. The average molecular weight is 241 g/mol. The second-order valence-corrected chi connectivity index (χ2v) is 4.65. The second-order valence-electron chi connectivity index (χ2n) is 4.65. The molecule has 94 valence electrons. The summed E-state index contributed by atoms with van der Waals surface area (Å²) in [6.07, 6.45) is 0.0204. The third kappa shape index (κ3) is 2.65. The Bertz CT molecular complexity index is 534. The first kappa shape index (κ1) is 12.5. The molecule has 2 N–H and O–H groups in total. The molecule has 2 rings (SSSR count). The van der Waals surface area contributed by atoms with Crippen molar-refractivity contribution in [3.8, 4) is 5.75 Å². The van der Waals surface area contributed by atoms with Crippen LogP contribution >= 0.6 is 0 Å². The Labute approximate surface area is 108 Å². The molecule has 0 amide bonds. The minimum absolute atomic E-state index is 0.0204. The monoisotopic (exact) mass is 241 g/mol. The number of benzene rings is 2. The first-order valence-corrected chi connectivity index (χ1v) is 6.16. The summed E-state index contributed by atoms with van der Waals surface area (Å²) in [7, 11) is 0. The smallest absolute Gasteiger partial charge is 0.125 e. The van der Waals surface area contributed by atoms with Crippen molar-refractivity contribution in [1.29, 1.82) is 0 Å². The summed E-state index contributed by atoms with van der Waals surface area (Å²) in [5.74, 6) is 0.856. The quantitative estimate of drug-likeness (QED) is 0.823. The Balaban J connectivity index is 2.22. The van der Waals surface area contributed by atoms with E-state index in [1.807, 2.05) is 45.0 Å². The minimum Gasteiger partial charge on any atom is -0.486 e. The molecule has 18 heavy (non-hydrogen) atoms. The van der Waals surface area contributed by atoms with Gasteiger partial charge in [0.2, 0.25) is 0 Å². The molecule has 0 aromatic heterocycles. The van der Waals surface area contributed by atoms with Gasteiger partial charge in [-0.3, -0.25) is 0 Å². The summed E-state index contributed by atoms with van der Waals surface area (Å²) in [6, 6.07) is 14.1. The molecule has 1 unspecified atom stereocenters. The lowest BCUT2D eigenvalue weighted by atomic mass is 10.1. The first-order valence-electron chi connectivity index (χ1n) is 6.16. The van der Waals surface area contributed by atoms with E-state index in [0.29, 0.717) is 0 Å². The highest BCUT2D eigenvalue weighted by molar-refractivity contribution is 5.54. The zero-order valence-electron chi connectivity index (χ0n) is 11.1. The van der Waals surface area contributed by atoms with E-state index in [2.05, 4.69) is 18.2 Å². The molecule has 0 bridgehead atoms. The van der Waals surface area contributed by atoms with Gasteiger partial charge in [-0.05, 0) is 37.5 Å². The van der Waals surface area contributed by atoms with Crippen LogP contribution in [-0.2, 0) is 0 Å². The van der Waals surface area contributed by atoms with Gasteiger partial charge in [-0.1, -0.05) is 36.4 Å². The topological polar surface area (TPSA) is 35.2 Å². The number of hydrogen-bond donors (Lipinski definition) is 1. The van der Waals surface area contributed by atoms with E-state index in [-0.39, 0.29) is 6.10 Å². The van der Waals surface area contributed by atoms with Crippen LogP contribution in [-0.4, -0.2) is 0 Å². The molecule has 2 nitrogen and oxygen atoms in total. The fraction of sp³-hybridized carbons (Fsp3) is 0.250. The molecule has 0 aliphatic rings. The molecule has 0 saturated heterocycles. The van der Waals surface area contributed by atoms with Crippen molar-refractivity contribution in [2.45, 2.75) is 26.9 Å². The maximum Gasteiger partial charge on any atom is 0.125 e. The van der Waals surface area contributed by atoms with E-state index in [9.17, 15) is 0 Å². The standard InChI is InChI=1S/C16H19NO/c1-11-9-12(2)16(10-15(11)17)18-13(3)14-7-5-4-6-8-14/h4-10,13H,17H2,1-3H3. The third-order valence-electron chi connectivity index (χ3n) is 3.14. The van der Waals surface area contributed by atoms with Gasteiger partial charge in [0.1, 0.15) is 11.9 Å². The number of nitrogen functional groups attached to an aromatic ring is 1. The molecular weight excluding hydrogens is 222 g/mol. The number of ether oxygens (including phenoxy) is 1. The molecule has 2 aromatic carbocycles. The first-order chi connectivity index (χ1) is 8.58. The van der Waals surface area contributed by atoms with Crippen LogP contribution in [0.5, 0.6) is 5.75 Å². The van der Waals surface area contributed by atoms with Crippen LogP contribution in [0.1, 0.15) is 29.7 Å². The molecule has 2 aromatic rings. The van der Waals surface area contributed by atoms with Gasteiger partial charge in [-0.15, -0.1) is 0 Å². The van der Waals surface area contributed by atoms with E-state index < -0.39 is 0 Å². The van der Waals surface area contributed by atoms with E-state index in [4.69, 9.17) is 10.5 Å². The Morgan fingerprint density at radius 2 is 1.67 bits per heavy atom. The molecule has 2 heteroatoms. The van der Waals surface area contributed by atoms with Crippen molar-refractivity contribution in [2.24, 2.45) is 0 Å². The molecule has 0 saturated carbocycles. The molecule has 0 radical (unpaired) electrons. The zero-order chi connectivity index (χ0) is 13.1. The predicted octanol–water partition coefficient (Wildman–Crippen LogP) is 4.03. The Kier molecular flexibility index (Phi) is 3.56. The van der Waals surface area contributed by atoms with Gasteiger partial charge >= 0.3 is 0 Å². The number of nitrogens with two attached hydrogens (primary N) is 1. The van der Waals surface area contributed by atoms with Gasteiger partial charge in [-0.25, -0.2) is 0 Å². The number of rotatable bonds is 3. The molecular formula is C16H19NO. The van der Waals surface area contributed by atoms with E-state index in [1.165, 1.54) is 0 Å². The summed E-state index contributed by atoms with van der Waals surface area (Å²) in [6.45, 7) is 6.09. The highest BCUT2D eigenvalue weighted by Crippen LogP contribution is 2.28. The van der Waals surface area contributed by atoms with Gasteiger partial charge in [-0.2, -0.15) is 0 Å². The summed E-state index contributed by atoms with van der Waals surface area (Å²) < 4.78 is 5.99. The Hall–Kier alpha value is -1.96. The largest absolute Gasteiger partial charge is 0.486 e. The van der Waals surface area contributed by atoms with Gasteiger partial charge in [0, 0.05) is 11.8 Å². The van der Waals surface area contributed by atoms with Crippen LogP contribution in [0.2, 0.25) is 0 Å². The number of hydrogen-bond acceptors (Lipinski definition) is 2. The minimum atomic E-state index is 0.0204. The average Bonchev–Trinajstić information content (AvgIpc) is 2.37. The van der Waals surface area contributed by atoms with Crippen molar-refractivity contribution in [3.05, 3.63) is 59.2 Å². The molecule has 0 spiro atoms. The summed E-state index contributed by atoms with van der Waals surface area (Å²) in [5, 5.41) is 0. The molecule has 0 aliphatic heterocycles. The van der Waals surface area contributed by atoms with Gasteiger partial charge in [0.05, 0.1) is 0 Å². The van der Waals surface area contributed by atoms with Crippen molar-refractivity contribution in [2.75, 3.05) is 5.73 Å². The molecule has 0 aliphatic carbocycles. The van der Waals surface area contributed by atoms with Gasteiger partial charge in [0.25, 0.3) is 0 Å². The lowest BCUT2D eigenvalue weighted by Crippen LogP contribution is -2.05. The number of aryl methyl sites for hydroxylation is 2. The van der Waals surface area contributed by atoms with Gasteiger partial charge < -0.3 is 10.5 Å². The predicted molar refractivity (Wildman–Crippen MR) is 75.8 cm³/mol. The second kappa shape index (κ2) is 5.13. The molecule has 0 fully saturated rings. The Morgan fingerprint density at radius 3 is 2.33 bits per heavy atom. The van der Waals surface area contributed by atoms with Crippen molar-refractivity contribution < 1.29 is 4.74 Å². The maximum atomic E-state index is 5.99. The van der Waals surface area contributed by atoms with Crippen molar-refractivity contribution in [3.63, 3.8) is 0 Å². The lowest BCUT2D eigenvalue weighted by Gasteiger charge is -2.18. The van der Waals surface area contributed by atoms with E-state index in [1.54, 1.807) is 0 Å². The number of anilines is 1. The third-order valence-corrected chi connectivity index (χ3v) is 3.14. The van der Waals surface area contributed by atoms with Crippen LogP contribution in [0.4, 0.5) is 5.69 Å². The van der Waals surface area contributed by atoms with Crippen molar-refractivity contribution in [1.82, 2.24) is 0 Å². The van der Waals surface area contributed by atoms with Crippen molar-refractivity contribution >= 4 is 5.69 Å². The van der Waals surface area contributed by atoms with Crippen LogP contribution in [0, 0.1) is 13.8 Å². The normalized spacial score (nSPS) is 12.2. The fourth-order valence-corrected chi connectivity index (χ4v) is 1.96. The highest BCUT2D eigenvalue weighted by atomic mass is 16.5. The van der Waals surface area contributed by atoms with E-state index >= 15 is 0 Å². The fourth-order valence-electron chi connectivity index (χ4n) is 1.96. The molecule has 1 atom stereocenters. The van der Waals surface area contributed by atoms with Crippen LogP contribution < -0.4 is 10.5 Å². The SMILES string of the molecule is Cc1cc(C)c(OC(C)c2ccccc2)cc1N. The van der Waals surface area contributed by atoms with Crippen LogP contribution in [0.15, 0.2) is 42.5 Å². The van der Waals surface area contributed by atoms with Gasteiger partial charge in [0.15, 0.2) is 0 Å². The highest BCUT2D eigenvalue weighted by Gasteiger charge is 2.09.